The first-order valence-electron chi connectivity index (χ1n) is 8.82. The molecule has 0 aromatic heterocycles. The number of hydrogen-bond donors (Lipinski definition) is 1. The van der Waals surface area contributed by atoms with Gasteiger partial charge in [-0.15, -0.1) is 0 Å². The predicted molar refractivity (Wildman–Crippen MR) is 98.8 cm³/mol. The minimum Gasteiger partial charge on any atom is -0.466 e. The Morgan fingerprint density at radius 3 is 2.57 bits per heavy atom. The standard InChI is InChI=1S/C17H23N3O7S/c1-12(2)7-10-27-16(21)11-15-17(22)18-8-9-19(15)28(25,26)14-5-3-13(4-6-14)20(23)24/h3-6,12,15H,7-11H2,1-2H3,(H,18,22). The lowest BCUT2D eigenvalue weighted by molar-refractivity contribution is -0.384. The number of nitrogens with one attached hydrogen (secondary N) is 1. The molecule has 0 aliphatic carbocycles. The summed E-state index contributed by atoms with van der Waals surface area (Å²) in [6, 6.07) is 3.13. The molecule has 1 unspecified atom stereocenters. The summed E-state index contributed by atoms with van der Waals surface area (Å²) in [6.45, 7) is 4.22. The van der Waals surface area contributed by atoms with Gasteiger partial charge in [0.1, 0.15) is 6.04 Å². The van der Waals surface area contributed by atoms with E-state index in [1.54, 1.807) is 0 Å². The molecule has 1 amide bonds. The van der Waals surface area contributed by atoms with Gasteiger partial charge in [0.2, 0.25) is 15.9 Å². The Morgan fingerprint density at radius 1 is 1.36 bits per heavy atom. The van der Waals surface area contributed by atoms with Gasteiger partial charge >= 0.3 is 5.97 Å². The van der Waals surface area contributed by atoms with Crippen molar-refractivity contribution in [3.8, 4) is 0 Å². The van der Waals surface area contributed by atoms with E-state index in [0.29, 0.717) is 12.3 Å². The number of carbonyl (C=O) groups excluding carboxylic acids is 2. The molecule has 0 bridgehead atoms. The summed E-state index contributed by atoms with van der Waals surface area (Å²) >= 11 is 0. The van der Waals surface area contributed by atoms with E-state index in [0.717, 1.165) is 28.6 Å². The number of benzene rings is 1. The van der Waals surface area contributed by atoms with Crippen molar-refractivity contribution in [2.75, 3.05) is 19.7 Å². The van der Waals surface area contributed by atoms with Crippen LogP contribution in [-0.4, -0.2) is 55.3 Å². The third kappa shape index (κ3) is 5.26. The largest absolute Gasteiger partial charge is 0.466 e. The molecule has 11 heteroatoms. The first kappa shape index (κ1) is 21.8. The summed E-state index contributed by atoms with van der Waals surface area (Å²) in [5.74, 6) is -0.908. The summed E-state index contributed by atoms with van der Waals surface area (Å²) < 4.78 is 31.9. The Labute approximate surface area is 163 Å². The summed E-state index contributed by atoms with van der Waals surface area (Å²) in [7, 11) is -4.12. The number of nitro groups is 1. The molecule has 1 heterocycles. The molecule has 1 aliphatic heterocycles. The number of piperazine rings is 1. The number of carbonyl (C=O) groups is 2. The molecule has 1 N–H and O–H groups in total. The number of nitrogens with zero attached hydrogens (tertiary/aromatic N) is 2. The van der Waals surface area contributed by atoms with Gasteiger partial charge in [-0.3, -0.25) is 19.7 Å². The molecule has 1 aromatic rings. The summed E-state index contributed by atoms with van der Waals surface area (Å²) in [5, 5.41) is 13.3. The molecule has 1 saturated heterocycles. The van der Waals surface area contributed by atoms with Crippen LogP contribution in [0.3, 0.4) is 0 Å². The highest BCUT2D eigenvalue weighted by Crippen LogP contribution is 2.24. The predicted octanol–water partition coefficient (Wildman–Crippen LogP) is 1.06. The summed E-state index contributed by atoms with van der Waals surface area (Å²) in [4.78, 5) is 34.2. The van der Waals surface area contributed by atoms with Crippen molar-refractivity contribution in [2.45, 2.75) is 37.6 Å². The first-order valence-corrected chi connectivity index (χ1v) is 10.3. The van der Waals surface area contributed by atoms with Gasteiger partial charge in [0.25, 0.3) is 5.69 Å². The fourth-order valence-corrected chi connectivity index (χ4v) is 4.26. The first-order chi connectivity index (χ1) is 13.1. The van der Waals surface area contributed by atoms with Crippen molar-refractivity contribution in [1.82, 2.24) is 9.62 Å². The van der Waals surface area contributed by atoms with Crippen LogP contribution >= 0.6 is 0 Å². The number of esters is 1. The van der Waals surface area contributed by atoms with E-state index >= 15 is 0 Å². The second-order valence-corrected chi connectivity index (χ2v) is 8.67. The summed E-state index contributed by atoms with van der Waals surface area (Å²) in [6.07, 6.45) is 0.254. The molecule has 1 aromatic carbocycles. The van der Waals surface area contributed by atoms with Gasteiger partial charge in [-0.2, -0.15) is 4.31 Å². The molecule has 2 rings (SSSR count). The van der Waals surface area contributed by atoms with Crippen molar-refractivity contribution in [1.29, 1.82) is 0 Å². The van der Waals surface area contributed by atoms with Crippen LogP contribution in [-0.2, 0) is 24.3 Å². The highest BCUT2D eigenvalue weighted by atomic mass is 32.2. The van der Waals surface area contributed by atoms with Crippen LogP contribution in [0.15, 0.2) is 29.2 Å². The van der Waals surface area contributed by atoms with Crippen LogP contribution < -0.4 is 5.32 Å². The Hall–Kier alpha value is -2.53. The molecule has 1 atom stereocenters. The molecular weight excluding hydrogens is 390 g/mol. The molecule has 1 aliphatic rings. The normalized spacial score (nSPS) is 18.0. The molecule has 154 valence electrons. The van der Waals surface area contributed by atoms with E-state index in [4.69, 9.17) is 4.74 Å². The van der Waals surface area contributed by atoms with Crippen molar-refractivity contribution < 1.29 is 27.7 Å². The maximum atomic E-state index is 12.9. The molecule has 0 saturated carbocycles. The number of nitro benzene ring substituents is 1. The maximum Gasteiger partial charge on any atom is 0.307 e. The Kier molecular flexibility index (Phi) is 7.08. The highest BCUT2D eigenvalue weighted by Gasteiger charge is 2.40. The van der Waals surface area contributed by atoms with Gasteiger partial charge in [-0.1, -0.05) is 13.8 Å². The van der Waals surface area contributed by atoms with Crippen molar-refractivity contribution >= 4 is 27.6 Å². The Balaban J connectivity index is 2.18. The van der Waals surface area contributed by atoms with Crippen LogP contribution in [0.2, 0.25) is 0 Å². The van der Waals surface area contributed by atoms with E-state index in [2.05, 4.69) is 5.32 Å². The zero-order chi connectivity index (χ0) is 20.9. The average Bonchev–Trinajstić information content (AvgIpc) is 2.63. The van der Waals surface area contributed by atoms with E-state index in [1.165, 1.54) is 0 Å². The van der Waals surface area contributed by atoms with Crippen LogP contribution in [0, 0.1) is 16.0 Å². The van der Waals surface area contributed by atoms with Gasteiger partial charge in [-0.05, 0) is 24.5 Å². The van der Waals surface area contributed by atoms with Crippen LogP contribution in [0.25, 0.3) is 0 Å². The Morgan fingerprint density at radius 2 is 2.00 bits per heavy atom. The molecule has 0 spiro atoms. The van der Waals surface area contributed by atoms with E-state index in [9.17, 15) is 28.1 Å². The SMILES string of the molecule is CC(C)CCOC(=O)CC1C(=O)NCCN1S(=O)(=O)c1ccc([N+](=O)[O-])cc1. The minimum absolute atomic E-state index is 0.0188. The molecule has 0 radical (unpaired) electrons. The molecule has 10 nitrogen and oxygen atoms in total. The second-order valence-electron chi connectivity index (χ2n) is 6.78. The zero-order valence-corrected chi connectivity index (χ0v) is 16.5. The lowest BCUT2D eigenvalue weighted by atomic mass is 10.1. The quantitative estimate of drug-likeness (QED) is 0.382. The van der Waals surface area contributed by atoms with Crippen molar-refractivity contribution in [3.63, 3.8) is 0 Å². The van der Waals surface area contributed by atoms with Crippen LogP contribution in [0.4, 0.5) is 5.69 Å². The number of hydrogen-bond acceptors (Lipinski definition) is 7. The number of amides is 1. The number of rotatable bonds is 8. The maximum absolute atomic E-state index is 12.9. The smallest absolute Gasteiger partial charge is 0.307 e. The second kappa shape index (κ2) is 9.11. The van der Waals surface area contributed by atoms with Gasteiger partial charge < -0.3 is 10.1 Å². The monoisotopic (exact) mass is 413 g/mol. The molecule has 28 heavy (non-hydrogen) atoms. The van der Waals surface area contributed by atoms with Gasteiger partial charge in [0.05, 0.1) is 22.8 Å². The third-order valence-electron chi connectivity index (χ3n) is 4.25. The van der Waals surface area contributed by atoms with Crippen molar-refractivity contribution in [2.24, 2.45) is 5.92 Å². The lowest BCUT2D eigenvalue weighted by Crippen LogP contribution is -2.57. The molecular formula is C17H23N3O7S. The summed E-state index contributed by atoms with van der Waals surface area (Å²) in [5.41, 5.74) is -0.249. The minimum atomic E-state index is -4.12. The topological polar surface area (TPSA) is 136 Å². The van der Waals surface area contributed by atoms with Gasteiger partial charge in [-0.25, -0.2) is 8.42 Å². The fourth-order valence-electron chi connectivity index (χ4n) is 2.68. The number of ether oxygens (including phenoxy) is 1. The van der Waals surface area contributed by atoms with Crippen LogP contribution in [0.5, 0.6) is 0 Å². The Bertz CT molecular complexity index is 837. The van der Waals surface area contributed by atoms with E-state index in [1.807, 2.05) is 13.8 Å². The van der Waals surface area contributed by atoms with Gasteiger partial charge in [0.15, 0.2) is 0 Å². The van der Waals surface area contributed by atoms with Crippen molar-refractivity contribution in [3.05, 3.63) is 34.4 Å². The number of sulfonamides is 1. The van der Waals surface area contributed by atoms with E-state index in [-0.39, 0.29) is 30.3 Å². The van der Waals surface area contributed by atoms with E-state index < -0.39 is 39.3 Å². The highest BCUT2D eigenvalue weighted by molar-refractivity contribution is 7.89. The van der Waals surface area contributed by atoms with Crippen LogP contribution in [0.1, 0.15) is 26.7 Å². The molecule has 1 fully saturated rings. The lowest BCUT2D eigenvalue weighted by Gasteiger charge is -2.33. The number of non-ortho nitro benzene ring substituents is 1. The van der Waals surface area contributed by atoms with Gasteiger partial charge in [0, 0.05) is 25.2 Å². The fraction of sp³-hybridized carbons (Fsp3) is 0.529. The average molecular weight is 413 g/mol. The zero-order valence-electron chi connectivity index (χ0n) is 15.7. The third-order valence-corrected chi connectivity index (χ3v) is 6.18.